The molecule has 0 spiro atoms. The van der Waals surface area contributed by atoms with Crippen molar-refractivity contribution in [2.24, 2.45) is 0 Å². The third-order valence-electron chi connectivity index (χ3n) is 24.7. The van der Waals surface area contributed by atoms with Crippen molar-refractivity contribution in [1.29, 1.82) is 0 Å². The fraction of sp³-hybridized carbons (Fsp3) is 0.192. The second kappa shape index (κ2) is 41.1. The Bertz CT molecular complexity index is 6610. The minimum absolute atomic E-state index is 0.0641. The minimum atomic E-state index is -3.76. The van der Waals surface area contributed by atoms with Gasteiger partial charge in [0.25, 0.3) is 0 Å². The predicted octanol–water partition coefficient (Wildman–Crippen LogP) is 19.4. The highest BCUT2D eigenvalue weighted by Crippen LogP contribution is 2.56. The highest BCUT2D eigenvalue weighted by molar-refractivity contribution is 7.96. The second-order valence-corrected chi connectivity index (χ2v) is 41.5. The van der Waals surface area contributed by atoms with Gasteiger partial charge in [0.15, 0.2) is 0 Å². The van der Waals surface area contributed by atoms with Crippen molar-refractivity contribution in [2.75, 3.05) is 17.2 Å². The van der Waals surface area contributed by atoms with E-state index in [1.54, 1.807) is 206 Å². The fourth-order valence-electron chi connectivity index (χ4n) is 17.9. The molecule has 12 atom stereocenters. The topological polar surface area (TPSA) is 392 Å². The molecule has 24 nitrogen and oxygen atoms in total. The number of halogens is 4. The van der Waals surface area contributed by atoms with Crippen LogP contribution in [0.2, 0.25) is 0 Å². The molecule has 4 aliphatic rings. The van der Waals surface area contributed by atoms with Gasteiger partial charge in [0, 0.05) is 34.4 Å². The van der Waals surface area contributed by atoms with E-state index in [9.17, 15) is 113 Å². The van der Waals surface area contributed by atoms with Crippen LogP contribution in [0.1, 0.15) is 144 Å². The van der Waals surface area contributed by atoms with Crippen molar-refractivity contribution >= 4 is 62.8 Å². The van der Waals surface area contributed by atoms with E-state index in [0.29, 0.717) is 89.5 Å². The van der Waals surface area contributed by atoms with Crippen molar-refractivity contribution in [2.45, 2.75) is 121 Å². The van der Waals surface area contributed by atoms with Crippen LogP contribution in [-0.2, 0) is 40.1 Å². The van der Waals surface area contributed by atoms with E-state index >= 15 is 0 Å². The number of aliphatic hydroxyl groups excluding tert-OH is 4. The number of aliphatic hydroxyl groups is 4. The van der Waals surface area contributed by atoms with E-state index in [-0.39, 0.29) is 97.4 Å². The molecule has 0 aliphatic carbocycles. The van der Waals surface area contributed by atoms with E-state index in [1.807, 2.05) is 0 Å². The number of para-hydroxylation sites is 4. The summed E-state index contributed by atoms with van der Waals surface area (Å²) in [7, 11) is -15.0. The van der Waals surface area contributed by atoms with Gasteiger partial charge in [0.2, 0.25) is 40.1 Å². The molecular formula is C104H96F4N4O20S4. The normalized spacial score (nSPS) is 19.9. The van der Waals surface area contributed by atoms with Crippen molar-refractivity contribution in [1.82, 2.24) is 0 Å². The van der Waals surface area contributed by atoms with Gasteiger partial charge < -0.3 is 61.3 Å². The lowest BCUT2D eigenvalue weighted by molar-refractivity contribution is 0.161. The Hall–Kier alpha value is -14.0. The maximum atomic E-state index is 13.4. The van der Waals surface area contributed by atoms with Crippen molar-refractivity contribution in [3.8, 4) is 68.2 Å². The molecule has 32 heteroatoms. The minimum Gasteiger partial charge on any atom is -0.508 e. The molecule has 0 saturated carbocycles. The van der Waals surface area contributed by atoms with Gasteiger partial charge in [0.1, 0.15) is 90.3 Å². The molecule has 136 heavy (non-hydrogen) atoms. The number of phenolic OH excluding ortho intramolecular Hbond substituents is 8. The number of hydrogen-bond acceptors (Lipinski definition) is 20. The molecule has 18 rings (SSSR count). The predicted molar refractivity (Wildman–Crippen MR) is 510 cm³/mol. The Morgan fingerprint density at radius 3 is 0.647 bits per heavy atom. The average molecular weight is 1930 g/mol. The molecule has 0 aromatic heterocycles. The average Bonchev–Trinajstić information content (AvgIpc) is 0.722. The molecule has 0 amide bonds. The first-order chi connectivity index (χ1) is 65.1. The van der Waals surface area contributed by atoms with Crippen LogP contribution in [0.4, 0.5) is 40.3 Å². The first kappa shape index (κ1) is 96.6. The number of benzene rings is 14. The molecule has 12 N–H and O–H groups in total. The summed E-state index contributed by atoms with van der Waals surface area (Å²) in [6.07, 6.45) is -2.66. The molecule has 4 saturated heterocycles. The number of aromatic hydroxyl groups is 8. The zero-order valence-electron chi connectivity index (χ0n) is 72.5. The summed E-state index contributed by atoms with van der Waals surface area (Å²) in [6, 6.07) is 85.1. The van der Waals surface area contributed by atoms with Gasteiger partial charge in [-0.1, -0.05) is 170 Å². The van der Waals surface area contributed by atoms with E-state index in [0.717, 1.165) is 0 Å². The first-order valence-corrected chi connectivity index (χ1v) is 49.5. The first-order valence-electron chi connectivity index (χ1n) is 43.4. The lowest BCUT2D eigenvalue weighted by Crippen LogP contribution is -2.58. The quantitative estimate of drug-likeness (QED) is 0.0224. The maximum Gasteiger partial charge on any atom is 0.241 e. The maximum absolute atomic E-state index is 13.4. The van der Waals surface area contributed by atoms with Gasteiger partial charge >= 0.3 is 0 Å². The summed E-state index contributed by atoms with van der Waals surface area (Å²) in [4.78, 5) is 0. The third-order valence-corrected chi connectivity index (χ3v) is 33.7. The fourth-order valence-corrected chi connectivity index (χ4v) is 26.3. The lowest BCUT2D eigenvalue weighted by atomic mass is 9.93. The smallest absolute Gasteiger partial charge is 0.241 e. The van der Waals surface area contributed by atoms with Gasteiger partial charge in [-0.2, -0.15) is 0 Å². The van der Waals surface area contributed by atoms with Gasteiger partial charge in [-0.15, -0.1) is 0 Å². The SMILES string of the molecule is O=S1(=O)[C@@H](CC[C@@H](O)c2ccc(F)cc2)[C@@H](c2ccc(O)cc2O)N1c1ccccc1.O=S1(=O)[C@H](CC[C@@H](O)c2ccc(F)cc2)[C@@H](c2ccc(-c3cccc(O)c3)cc2O)N1c1ccccc1.O=S1(=O)[C@H](CC[C@@H](O)c2ccc(F)cc2)[C@@H](c2ccc(-c3cccc(O)c3)cc2O)N1c1ccccc1.O=S1(=O)[C@H](CC[C@@H](O)c2ccc(F)cc2)[C@@H](c2ccc(O)cc2O)N1c1ccccc1. The van der Waals surface area contributed by atoms with Gasteiger partial charge in [-0.05, 0) is 254 Å². The van der Waals surface area contributed by atoms with Gasteiger partial charge in [-0.3, -0.25) is 17.2 Å². The number of sulfonamides is 4. The summed E-state index contributed by atoms with van der Waals surface area (Å²) in [5.41, 5.74) is 8.34. The van der Waals surface area contributed by atoms with Crippen molar-refractivity contribution in [3.63, 3.8) is 0 Å². The molecule has 0 bridgehead atoms. The van der Waals surface area contributed by atoms with E-state index in [4.69, 9.17) is 0 Å². The largest absolute Gasteiger partial charge is 0.508 e. The standard InChI is InChI=1S/2C29H26FNO5S.2C23H22FNO5S/c2*30-22-12-9-19(10-13-22)26(33)15-16-28-29(31(37(28,35)36)23-6-2-1-3-7-23)25-14-11-21(18-27(25)34)20-5-4-8-24(32)17-20;2*24-16-8-6-15(7-9-16)20(27)12-13-22-23(19-11-10-18(26)14-21(19)28)25(31(22,29)30)17-4-2-1-3-5-17/h2*1-14,17-18,26,28-29,32-34H,15-16H2;2*1-11,14,20,22-23,26-28H,12-13H2/t2*26-,28-,29-;20-,22+,23-;20-,22-,23-/m1111/s1. The Morgan fingerprint density at radius 1 is 0.228 bits per heavy atom. The van der Waals surface area contributed by atoms with Crippen LogP contribution in [0.3, 0.4) is 0 Å². The molecule has 704 valence electrons. The summed E-state index contributed by atoms with van der Waals surface area (Å²) in [6.45, 7) is 0. The van der Waals surface area contributed by atoms with E-state index < -0.39 is 133 Å². The van der Waals surface area contributed by atoms with Crippen LogP contribution in [-0.4, -0.2) is 116 Å². The third kappa shape index (κ3) is 20.8. The number of anilines is 4. The van der Waals surface area contributed by atoms with Crippen LogP contribution >= 0.6 is 0 Å². The summed E-state index contributed by atoms with van der Waals surface area (Å²) < 4.78 is 164. The Balaban J connectivity index is 0.000000138. The number of nitrogens with zero attached hydrogens (tertiary/aromatic N) is 4. The highest BCUT2D eigenvalue weighted by Gasteiger charge is 2.59. The van der Waals surface area contributed by atoms with Crippen LogP contribution < -0.4 is 17.2 Å². The molecule has 4 aliphatic heterocycles. The van der Waals surface area contributed by atoms with Crippen LogP contribution in [0.25, 0.3) is 22.3 Å². The Morgan fingerprint density at radius 2 is 0.434 bits per heavy atom. The number of rotatable bonds is 26. The number of phenols is 8. The molecule has 4 fully saturated rings. The Labute approximate surface area is 784 Å². The van der Waals surface area contributed by atoms with Crippen LogP contribution in [0.5, 0.6) is 46.0 Å². The zero-order chi connectivity index (χ0) is 96.7. The monoisotopic (exact) mass is 1920 g/mol. The molecule has 0 unspecified atom stereocenters. The Kier molecular flexibility index (Phi) is 29.2. The van der Waals surface area contributed by atoms with Gasteiger partial charge in [-0.25, -0.2) is 51.2 Å². The second-order valence-electron chi connectivity index (χ2n) is 33.4. The van der Waals surface area contributed by atoms with E-state index in [2.05, 4.69) is 0 Å². The zero-order valence-corrected chi connectivity index (χ0v) is 75.7. The van der Waals surface area contributed by atoms with Crippen molar-refractivity contribution < 1.29 is 113 Å². The van der Waals surface area contributed by atoms with Crippen molar-refractivity contribution in [3.05, 3.63) is 407 Å². The molecule has 14 aromatic rings. The summed E-state index contributed by atoms with van der Waals surface area (Å²) in [5.74, 6) is -2.26. The lowest BCUT2D eigenvalue weighted by Gasteiger charge is -2.48. The molecular weight excluding hydrogens is 1830 g/mol. The molecule has 14 aromatic carbocycles. The van der Waals surface area contributed by atoms with Crippen LogP contribution in [0.15, 0.2) is 340 Å². The van der Waals surface area contributed by atoms with Crippen LogP contribution in [0, 0.1) is 23.3 Å². The summed E-state index contributed by atoms with van der Waals surface area (Å²) in [5, 5.41) is 120. The number of hydrogen-bond donors (Lipinski definition) is 12. The summed E-state index contributed by atoms with van der Waals surface area (Å²) >= 11 is 0. The van der Waals surface area contributed by atoms with Gasteiger partial charge in [0.05, 0.1) is 71.3 Å². The highest BCUT2D eigenvalue weighted by atomic mass is 32.2. The van der Waals surface area contributed by atoms with E-state index in [1.165, 1.54) is 151 Å². The molecule has 4 heterocycles. The molecule has 0 radical (unpaired) electrons.